The van der Waals surface area contributed by atoms with Gasteiger partial charge in [-0.15, -0.1) is 0 Å². The summed E-state index contributed by atoms with van der Waals surface area (Å²) in [6.07, 6.45) is -0.563. The number of aliphatic carboxylic acids is 2. The quantitative estimate of drug-likeness (QED) is 0.587. The van der Waals surface area contributed by atoms with Gasteiger partial charge >= 0.3 is 20.4 Å². The molecule has 0 amide bonds. The fourth-order valence-corrected chi connectivity index (χ4v) is 1.08. The minimum absolute atomic E-state index is 0.0956. The van der Waals surface area contributed by atoms with Crippen molar-refractivity contribution in [2.24, 2.45) is 5.92 Å². The summed E-state index contributed by atoms with van der Waals surface area (Å²) in [5.74, 6) is -3.42. The largest absolute Gasteiger partial charge is 0.481 e. The summed E-state index contributed by atoms with van der Waals surface area (Å²) >= 11 is 0. The molecule has 0 aromatic carbocycles. The van der Waals surface area contributed by atoms with Gasteiger partial charge in [-0.05, 0) is 0 Å². The van der Waals surface area contributed by atoms with Crippen molar-refractivity contribution in [2.75, 3.05) is 6.16 Å². The van der Waals surface area contributed by atoms with Crippen LogP contribution in [0.25, 0.3) is 0 Å². The van der Waals surface area contributed by atoms with E-state index in [1.54, 1.807) is 0 Å². The van der Waals surface area contributed by atoms with E-state index in [0.29, 0.717) is 0 Å². The minimum Gasteiger partial charge on any atom is -0.481 e. The smallest absolute Gasteiger partial charge is 0.325 e. The van der Waals surface area contributed by atoms with Crippen LogP contribution in [0.4, 0.5) is 0 Å². The maximum atomic E-state index is 10.2. The lowest BCUT2D eigenvalue weighted by Crippen LogP contribution is -2.19. The lowest BCUT2D eigenvalue weighted by atomic mass is 10.1. The number of rotatable bonds is 5. The lowest BCUT2D eigenvalue weighted by Gasteiger charge is -1.99. The first-order valence-electron chi connectivity index (χ1n) is 2.87. The molecule has 0 aromatic rings. The Morgan fingerprint density at radius 1 is 1.36 bits per heavy atom. The number of carbonyl (C=O) groups is 2. The van der Waals surface area contributed by atoms with E-state index in [9.17, 15) is 14.2 Å². The zero-order valence-corrected chi connectivity index (χ0v) is 6.61. The maximum absolute atomic E-state index is 10.2. The number of hydrogen-bond acceptors (Lipinski definition) is 3. The molecular formula is C5H8O5P+. The second-order valence-corrected chi connectivity index (χ2v) is 2.68. The first-order chi connectivity index (χ1) is 5.07. The van der Waals surface area contributed by atoms with Gasteiger partial charge in [0.15, 0.2) is 6.16 Å². The highest BCUT2D eigenvalue weighted by atomic mass is 31.1. The number of carboxylic acid groups (broad SMARTS) is 2. The molecule has 5 nitrogen and oxygen atoms in total. The third-order valence-corrected chi connectivity index (χ3v) is 1.76. The molecule has 0 aliphatic heterocycles. The van der Waals surface area contributed by atoms with Crippen LogP contribution in [0.15, 0.2) is 0 Å². The van der Waals surface area contributed by atoms with Crippen molar-refractivity contribution in [3.05, 3.63) is 0 Å². The molecule has 62 valence electrons. The molecule has 2 unspecified atom stereocenters. The Morgan fingerprint density at radius 3 is 2.18 bits per heavy atom. The van der Waals surface area contributed by atoms with Gasteiger partial charge in [0.1, 0.15) is 5.92 Å². The third-order valence-electron chi connectivity index (χ3n) is 1.10. The zero-order valence-electron chi connectivity index (χ0n) is 5.61. The van der Waals surface area contributed by atoms with E-state index in [2.05, 4.69) is 0 Å². The number of carboxylic acids is 2. The van der Waals surface area contributed by atoms with E-state index in [1.807, 2.05) is 0 Å². The summed E-state index contributed by atoms with van der Waals surface area (Å²) in [6, 6.07) is 0. The van der Waals surface area contributed by atoms with Gasteiger partial charge < -0.3 is 10.2 Å². The van der Waals surface area contributed by atoms with Gasteiger partial charge in [0.05, 0.1) is 6.42 Å². The second kappa shape index (κ2) is 4.79. The van der Waals surface area contributed by atoms with Crippen LogP contribution in [0.3, 0.4) is 0 Å². The van der Waals surface area contributed by atoms with Crippen molar-refractivity contribution in [2.45, 2.75) is 6.42 Å². The molecule has 0 aliphatic rings. The Labute approximate surface area is 64.2 Å². The molecule has 0 saturated heterocycles. The van der Waals surface area contributed by atoms with Crippen LogP contribution in [-0.2, 0) is 14.2 Å². The minimum atomic E-state index is -1.21. The number of hydrogen-bond donors (Lipinski definition) is 2. The lowest BCUT2D eigenvalue weighted by molar-refractivity contribution is -0.147. The van der Waals surface area contributed by atoms with E-state index in [0.717, 1.165) is 0 Å². The summed E-state index contributed by atoms with van der Waals surface area (Å²) in [7, 11) is -0.764. The standard InChI is InChI=1S/C5H7O5P/c6-4(7)1-3(2-11-10)5(8)9/h3H,1-2H2,(H,6,7)(H,8,9)/p+1. The topological polar surface area (TPSA) is 91.7 Å². The first-order valence-corrected chi connectivity index (χ1v) is 3.99. The average molecular weight is 179 g/mol. The molecule has 0 bridgehead atoms. The van der Waals surface area contributed by atoms with Crippen molar-refractivity contribution < 1.29 is 24.4 Å². The summed E-state index contributed by atoms with van der Waals surface area (Å²) in [5.41, 5.74) is 0. The summed E-state index contributed by atoms with van der Waals surface area (Å²) in [4.78, 5) is 20.3. The maximum Gasteiger partial charge on any atom is 0.325 e. The molecule has 0 heterocycles. The molecule has 0 aliphatic carbocycles. The molecule has 0 aromatic heterocycles. The highest BCUT2D eigenvalue weighted by molar-refractivity contribution is 7.23. The zero-order chi connectivity index (χ0) is 8.85. The van der Waals surface area contributed by atoms with Gasteiger partial charge in [-0.25, -0.2) is 0 Å². The fourth-order valence-electron chi connectivity index (χ4n) is 0.558. The van der Waals surface area contributed by atoms with Gasteiger partial charge in [-0.3, -0.25) is 9.59 Å². The normalized spacial score (nSPS) is 12.7. The van der Waals surface area contributed by atoms with Gasteiger partial charge in [-0.1, -0.05) is 4.57 Å². The van der Waals surface area contributed by atoms with Gasteiger partial charge in [0, 0.05) is 0 Å². The van der Waals surface area contributed by atoms with E-state index in [1.165, 1.54) is 0 Å². The van der Waals surface area contributed by atoms with Crippen molar-refractivity contribution in [3.8, 4) is 0 Å². The van der Waals surface area contributed by atoms with Crippen LogP contribution in [0.5, 0.6) is 0 Å². The van der Waals surface area contributed by atoms with Crippen LogP contribution in [0.2, 0.25) is 0 Å². The van der Waals surface area contributed by atoms with Gasteiger partial charge in [0.2, 0.25) is 0 Å². The van der Waals surface area contributed by atoms with Crippen LogP contribution in [0.1, 0.15) is 6.42 Å². The van der Waals surface area contributed by atoms with Gasteiger partial charge in [0.25, 0.3) is 0 Å². The SMILES string of the molecule is O=[PH+]CC(CC(=O)O)C(=O)O. The Kier molecular flexibility index (Phi) is 4.38. The van der Waals surface area contributed by atoms with Gasteiger partial charge in [-0.2, -0.15) is 0 Å². The summed E-state index contributed by atoms with van der Waals surface area (Å²) in [6.45, 7) is 0. The van der Waals surface area contributed by atoms with Crippen molar-refractivity contribution >= 4 is 20.4 Å². The highest BCUT2D eigenvalue weighted by Gasteiger charge is 2.23. The van der Waals surface area contributed by atoms with Crippen molar-refractivity contribution in [3.63, 3.8) is 0 Å². The van der Waals surface area contributed by atoms with Crippen LogP contribution in [0, 0.1) is 5.92 Å². The Balaban J connectivity index is 3.99. The van der Waals surface area contributed by atoms with E-state index >= 15 is 0 Å². The highest BCUT2D eigenvalue weighted by Crippen LogP contribution is 2.09. The molecule has 0 rings (SSSR count). The monoisotopic (exact) mass is 179 g/mol. The van der Waals surface area contributed by atoms with Crippen molar-refractivity contribution in [1.82, 2.24) is 0 Å². The Hall–Kier alpha value is -0.960. The molecule has 2 atom stereocenters. The Bertz CT molecular complexity index is 178. The predicted molar refractivity (Wildman–Crippen MR) is 37.2 cm³/mol. The molecule has 2 N–H and O–H groups in total. The molecule has 0 radical (unpaired) electrons. The first kappa shape index (κ1) is 10.0. The Morgan fingerprint density at radius 2 is 1.91 bits per heavy atom. The summed E-state index contributed by atoms with van der Waals surface area (Å²) in [5, 5.41) is 16.6. The van der Waals surface area contributed by atoms with Crippen LogP contribution >= 0.6 is 8.46 Å². The second-order valence-electron chi connectivity index (χ2n) is 1.98. The fraction of sp³-hybridized carbons (Fsp3) is 0.600. The van der Waals surface area contributed by atoms with Crippen LogP contribution in [-0.4, -0.2) is 28.3 Å². The van der Waals surface area contributed by atoms with E-state index < -0.39 is 32.7 Å². The molecule has 6 heteroatoms. The summed E-state index contributed by atoms with van der Waals surface area (Å²) < 4.78 is 10.00. The molecule has 0 spiro atoms. The molecule has 11 heavy (non-hydrogen) atoms. The van der Waals surface area contributed by atoms with Crippen molar-refractivity contribution in [1.29, 1.82) is 0 Å². The van der Waals surface area contributed by atoms with Crippen LogP contribution < -0.4 is 0 Å². The molecular weight excluding hydrogens is 171 g/mol. The van der Waals surface area contributed by atoms with E-state index in [-0.39, 0.29) is 6.16 Å². The molecule has 0 saturated carbocycles. The average Bonchev–Trinajstić information content (AvgIpc) is 1.86. The third kappa shape index (κ3) is 4.44. The predicted octanol–water partition coefficient (Wildman–Crippen LogP) is 0.186. The van der Waals surface area contributed by atoms with E-state index in [4.69, 9.17) is 10.2 Å². The molecule has 0 fully saturated rings.